The number of methoxy groups -OCH3 is 1. The predicted molar refractivity (Wildman–Crippen MR) is 89.8 cm³/mol. The number of allylic oxidation sites excluding steroid dienone is 3. The van der Waals surface area contributed by atoms with Gasteiger partial charge in [0.1, 0.15) is 5.82 Å². The van der Waals surface area contributed by atoms with E-state index in [2.05, 4.69) is 10.3 Å². The number of carbonyl (C=O) groups is 2. The lowest BCUT2D eigenvalue weighted by atomic mass is 9.68. The first-order chi connectivity index (χ1) is 11.7. The van der Waals surface area contributed by atoms with Gasteiger partial charge in [-0.25, -0.2) is 9.18 Å². The SMILES string of the molecule is COC(=O)C1=C(C)NC2=C(C(=O)CC(C)(C)C2)[C@@H]1c1ccncc1F. The van der Waals surface area contributed by atoms with Crippen LogP contribution in [-0.4, -0.2) is 23.8 Å². The van der Waals surface area contributed by atoms with E-state index in [4.69, 9.17) is 4.74 Å². The van der Waals surface area contributed by atoms with Crippen molar-refractivity contribution in [2.24, 2.45) is 5.41 Å². The lowest BCUT2D eigenvalue weighted by Gasteiger charge is -2.39. The molecule has 1 N–H and O–H groups in total. The Balaban J connectivity index is 2.24. The molecule has 25 heavy (non-hydrogen) atoms. The van der Waals surface area contributed by atoms with Gasteiger partial charge in [0, 0.05) is 35.1 Å². The zero-order valence-corrected chi connectivity index (χ0v) is 14.8. The van der Waals surface area contributed by atoms with Crippen molar-refractivity contribution in [3.63, 3.8) is 0 Å². The van der Waals surface area contributed by atoms with Crippen LogP contribution in [0.4, 0.5) is 4.39 Å². The first-order valence-corrected chi connectivity index (χ1v) is 8.17. The average molecular weight is 344 g/mol. The molecule has 0 radical (unpaired) electrons. The van der Waals surface area contributed by atoms with E-state index < -0.39 is 17.7 Å². The van der Waals surface area contributed by atoms with Gasteiger partial charge in [-0.2, -0.15) is 0 Å². The summed E-state index contributed by atoms with van der Waals surface area (Å²) in [7, 11) is 1.28. The van der Waals surface area contributed by atoms with E-state index in [0.29, 0.717) is 24.1 Å². The molecule has 3 rings (SSSR count). The molecule has 2 aliphatic rings. The molecule has 1 aliphatic carbocycles. The number of aromatic nitrogens is 1. The largest absolute Gasteiger partial charge is 0.466 e. The van der Waals surface area contributed by atoms with Crippen LogP contribution in [-0.2, 0) is 14.3 Å². The Kier molecular flexibility index (Phi) is 4.22. The van der Waals surface area contributed by atoms with Crippen LogP contribution in [0.5, 0.6) is 0 Å². The molecule has 0 saturated carbocycles. The van der Waals surface area contributed by atoms with Crippen LogP contribution in [0.1, 0.15) is 45.1 Å². The van der Waals surface area contributed by atoms with E-state index in [1.807, 2.05) is 13.8 Å². The van der Waals surface area contributed by atoms with Gasteiger partial charge in [-0.05, 0) is 24.8 Å². The highest BCUT2D eigenvalue weighted by Gasteiger charge is 2.43. The molecule has 1 aromatic rings. The number of hydrogen-bond donors (Lipinski definition) is 1. The maximum absolute atomic E-state index is 14.5. The van der Waals surface area contributed by atoms with Crippen LogP contribution in [0.15, 0.2) is 41.0 Å². The normalized spacial score (nSPS) is 22.4. The average Bonchev–Trinajstić information content (AvgIpc) is 2.52. The van der Waals surface area contributed by atoms with Gasteiger partial charge >= 0.3 is 5.97 Å². The summed E-state index contributed by atoms with van der Waals surface area (Å²) in [5.41, 5.74) is 2.13. The van der Waals surface area contributed by atoms with E-state index >= 15 is 0 Å². The van der Waals surface area contributed by atoms with E-state index in [-0.39, 0.29) is 22.3 Å². The number of dihydropyridines is 1. The van der Waals surface area contributed by atoms with E-state index in [0.717, 1.165) is 11.9 Å². The quantitative estimate of drug-likeness (QED) is 0.836. The van der Waals surface area contributed by atoms with Crippen molar-refractivity contribution in [1.29, 1.82) is 0 Å². The van der Waals surface area contributed by atoms with E-state index in [9.17, 15) is 14.0 Å². The summed E-state index contributed by atoms with van der Waals surface area (Å²) in [5, 5.41) is 3.19. The van der Waals surface area contributed by atoms with Crippen LogP contribution in [0.3, 0.4) is 0 Å². The first kappa shape index (κ1) is 17.3. The molecule has 1 aromatic heterocycles. The highest BCUT2D eigenvalue weighted by Crippen LogP contribution is 2.47. The molecule has 0 saturated heterocycles. The fraction of sp³-hybridized carbons (Fsp3) is 0.421. The summed E-state index contributed by atoms with van der Waals surface area (Å²) in [4.78, 5) is 29.1. The monoisotopic (exact) mass is 344 g/mol. The van der Waals surface area contributed by atoms with Crippen molar-refractivity contribution in [2.45, 2.75) is 39.5 Å². The summed E-state index contributed by atoms with van der Waals surface area (Å²) in [6, 6.07) is 1.51. The minimum atomic E-state index is -0.782. The van der Waals surface area contributed by atoms with Crippen molar-refractivity contribution >= 4 is 11.8 Å². The van der Waals surface area contributed by atoms with Gasteiger partial charge in [0.2, 0.25) is 0 Å². The van der Waals surface area contributed by atoms with Crippen molar-refractivity contribution in [1.82, 2.24) is 10.3 Å². The number of carbonyl (C=O) groups excluding carboxylic acids is 2. The molecular weight excluding hydrogens is 323 g/mol. The van der Waals surface area contributed by atoms with E-state index in [1.54, 1.807) is 6.92 Å². The fourth-order valence-electron chi connectivity index (χ4n) is 3.75. The number of ketones is 1. The Bertz CT molecular complexity index is 824. The molecule has 6 heteroatoms. The number of Topliss-reactive ketones (excluding diaryl/α,β-unsaturated/α-hetero) is 1. The fourth-order valence-corrected chi connectivity index (χ4v) is 3.75. The number of pyridine rings is 1. The Morgan fingerprint density at radius 3 is 2.76 bits per heavy atom. The van der Waals surface area contributed by atoms with Gasteiger partial charge < -0.3 is 10.1 Å². The molecule has 0 aromatic carbocycles. The Labute approximate surface area is 146 Å². The number of esters is 1. The minimum absolute atomic E-state index is 0.0751. The molecule has 132 valence electrons. The zero-order chi connectivity index (χ0) is 18.4. The lowest BCUT2D eigenvalue weighted by Crippen LogP contribution is -2.38. The second kappa shape index (κ2) is 6.10. The Morgan fingerprint density at radius 1 is 1.40 bits per heavy atom. The molecule has 0 fully saturated rings. The number of ether oxygens (including phenoxy) is 1. The van der Waals surface area contributed by atoms with Crippen LogP contribution >= 0.6 is 0 Å². The smallest absolute Gasteiger partial charge is 0.336 e. The summed E-state index contributed by atoms with van der Waals surface area (Å²) in [6.45, 7) is 5.79. The third-order valence-electron chi connectivity index (χ3n) is 4.76. The summed E-state index contributed by atoms with van der Waals surface area (Å²) in [5.74, 6) is -1.98. The summed E-state index contributed by atoms with van der Waals surface area (Å²) in [6.07, 6.45) is 3.56. The van der Waals surface area contributed by atoms with Gasteiger partial charge in [0.15, 0.2) is 5.78 Å². The van der Waals surface area contributed by atoms with Crippen LogP contribution in [0, 0.1) is 11.2 Å². The molecule has 0 spiro atoms. The first-order valence-electron chi connectivity index (χ1n) is 8.17. The second-order valence-electron chi connectivity index (χ2n) is 7.32. The van der Waals surface area contributed by atoms with Crippen molar-refractivity contribution in [3.05, 3.63) is 52.4 Å². The molecule has 0 bridgehead atoms. The summed E-state index contributed by atoms with van der Waals surface area (Å²) < 4.78 is 19.4. The topological polar surface area (TPSA) is 68.3 Å². The maximum atomic E-state index is 14.5. The lowest BCUT2D eigenvalue weighted by molar-refractivity contribution is -0.136. The number of nitrogens with one attached hydrogen (secondary N) is 1. The van der Waals surface area contributed by atoms with E-state index in [1.165, 1.54) is 19.4 Å². The highest BCUT2D eigenvalue weighted by atomic mass is 19.1. The van der Waals surface area contributed by atoms with Crippen LogP contribution in [0.25, 0.3) is 0 Å². The Hall–Kier alpha value is -2.50. The van der Waals surface area contributed by atoms with Crippen molar-refractivity contribution in [2.75, 3.05) is 7.11 Å². The third-order valence-corrected chi connectivity index (χ3v) is 4.76. The zero-order valence-electron chi connectivity index (χ0n) is 14.8. The number of nitrogens with zero attached hydrogens (tertiary/aromatic N) is 1. The molecule has 0 amide bonds. The third kappa shape index (κ3) is 2.97. The van der Waals surface area contributed by atoms with Crippen LogP contribution < -0.4 is 5.32 Å². The maximum Gasteiger partial charge on any atom is 0.336 e. The highest BCUT2D eigenvalue weighted by molar-refractivity contribution is 6.04. The van der Waals surface area contributed by atoms with Gasteiger partial charge in [-0.3, -0.25) is 9.78 Å². The van der Waals surface area contributed by atoms with Gasteiger partial charge in [0.25, 0.3) is 0 Å². The molecular formula is C19H21FN2O3. The molecule has 2 heterocycles. The minimum Gasteiger partial charge on any atom is -0.466 e. The molecule has 1 atom stereocenters. The number of halogens is 1. The van der Waals surface area contributed by atoms with Crippen molar-refractivity contribution in [3.8, 4) is 0 Å². The molecule has 0 unspecified atom stereocenters. The van der Waals surface area contributed by atoms with Gasteiger partial charge in [-0.15, -0.1) is 0 Å². The predicted octanol–water partition coefficient (Wildman–Crippen LogP) is 3.00. The van der Waals surface area contributed by atoms with Crippen molar-refractivity contribution < 1.29 is 18.7 Å². The van der Waals surface area contributed by atoms with Gasteiger partial charge in [-0.1, -0.05) is 13.8 Å². The standard InChI is InChI=1S/C19H21FN2O3/c1-10-15(18(24)25-4)16(11-5-6-21-9-12(11)20)17-13(22-10)7-19(2,3)8-14(17)23/h5-6,9,16,22H,7-8H2,1-4H3/t16-/m1/s1. The molecule has 1 aliphatic heterocycles. The Morgan fingerprint density at radius 2 is 2.12 bits per heavy atom. The van der Waals surface area contributed by atoms with Gasteiger partial charge in [0.05, 0.1) is 24.8 Å². The second-order valence-corrected chi connectivity index (χ2v) is 7.32. The van der Waals surface area contributed by atoms with Crippen LogP contribution in [0.2, 0.25) is 0 Å². The summed E-state index contributed by atoms with van der Waals surface area (Å²) >= 11 is 0. The number of hydrogen-bond acceptors (Lipinski definition) is 5. The molecule has 5 nitrogen and oxygen atoms in total. The number of rotatable bonds is 2.